The number of aliphatic imine (C=N–C) groups is 1. The molecule has 0 saturated carbocycles. The smallest absolute Gasteiger partial charge is 0.138 e. The lowest BCUT2D eigenvalue weighted by Crippen LogP contribution is -1.85. The average molecular weight is 327 g/mol. The van der Waals surface area contributed by atoms with Crippen LogP contribution in [0, 0.1) is 6.92 Å². The lowest BCUT2D eigenvalue weighted by molar-refractivity contribution is 0.474. The van der Waals surface area contributed by atoms with Crippen molar-refractivity contribution >= 4 is 22.9 Å². The van der Waals surface area contributed by atoms with Crippen LogP contribution in [0.3, 0.4) is 0 Å². The highest BCUT2D eigenvalue weighted by molar-refractivity contribution is 5.86. The highest BCUT2D eigenvalue weighted by Crippen LogP contribution is 2.27. The summed E-state index contributed by atoms with van der Waals surface area (Å²) >= 11 is 0. The van der Waals surface area contributed by atoms with E-state index in [2.05, 4.69) is 15.0 Å². The van der Waals surface area contributed by atoms with Crippen molar-refractivity contribution in [3.8, 4) is 17.1 Å². The third-order valence-electron chi connectivity index (χ3n) is 4.15. The molecule has 3 aromatic carbocycles. The summed E-state index contributed by atoms with van der Waals surface area (Å²) in [7, 11) is 0. The number of phenols is 1. The second-order valence-corrected chi connectivity index (χ2v) is 5.92. The Bertz CT molecular complexity index is 1050. The van der Waals surface area contributed by atoms with Gasteiger partial charge in [0, 0.05) is 17.3 Å². The molecule has 0 radical (unpaired) electrons. The van der Waals surface area contributed by atoms with E-state index in [4.69, 9.17) is 0 Å². The Kier molecular flexibility index (Phi) is 3.78. The molecule has 0 bridgehead atoms. The van der Waals surface area contributed by atoms with Gasteiger partial charge in [-0.2, -0.15) is 0 Å². The van der Waals surface area contributed by atoms with Crippen LogP contribution in [0.15, 0.2) is 71.7 Å². The van der Waals surface area contributed by atoms with E-state index in [1.807, 2.05) is 61.5 Å². The van der Waals surface area contributed by atoms with Crippen LogP contribution in [-0.4, -0.2) is 21.3 Å². The number of hydrogen-bond acceptors (Lipinski definition) is 3. The fourth-order valence-corrected chi connectivity index (χ4v) is 2.72. The van der Waals surface area contributed by atoms with E-state index in [1.54, 1.807) is 18.3 Å². The van der Waals surface area contributed by atoms with Gasteiger partial charge in [0.25, 0.3) is 0 Å². The average Bonchev–Trinajstić information content (AvgIpc) is 3.06. The SMILES string of the molecule is Cc1ccc(-c2nc3ccccc3[nH]2)cc1N=Cc1ccccc1O. The van der Waals surface area contributed by atoms with Crippen molar-refractivity contribution < 1.29 is 5.11 Å². The molecule has 0 saturated heterocycles. The number of hydrogen-bond donors (Lipinski definition) is 2. The van der Waals surface area contributed by atoms with Gasteiger partial charge in [0.2, 0.25) is 0 Å². The van der Waals surface area contributed by atoms with Gasteiger partial charge < -0.3 is 10.1 Å². The largest absolute Gasteiger partial charge is 0.507 e. The number of imidazole rings is 1. The number of aryl methyl sites for hydroxylation is 1. The molecule has 0 unspecified atom stereocenters. The van der Waals surface area contributed by atoms with E-state index in [-0.39, 0.29) is 5.75 Å². The summed E-state index contributed by atoms with van der Waals surface area (Å²) in [5.41, 5.74) is 5.53. The molecule has 0 aliphatic carbocycles. The van der Waals surface area contributed by atoms with Crippen LogP contribution in [0.2, 0.25) is 0 Å². The van der Waals surface area contributed by atoms with E-state index < -0.39 is 0 Å². The maximum atomic E-state index is 9.86. The van der Waals surface area contributed by atoms with E-state index >= 15 is 0 Å². The molecule has 0 atom stereocenters. The summed E-state index contributed by atoms with van der Waals surface area (Å²) < 4.78 is 0. The van der Waals surface area contributed by atoms with E-state index in [1.165, 1.54) is 0 Å². The fourth-order valence-electron chi connectivity index (χ4n) is 2.72. The molecule has 2 N–H and O–H groups in total. The molecule has 1 heterocycles. The summed E-state index contributed by atoms with van der Waals surface area (Å²) in [6.07, 6.45) is 1.68. The number of para-hydroxylation sites is 3. The molecule has 4 heteroatoms. The van der Waals surface area contributed by atoms with Crippen LogP contribution in [0.5, 0.6) is 5.75 Å². The minimum Gasteiger partial charge on any atom is -0.507 e. The molecule has 0 fully saturated rings. The van der Waals surface area contributed by atoms with E-state index in [0.29, 0.717) is 5.56 Å². The van der Waals surface area contributed by atoms with Gasteiger partial charge in [0.1, 0.15) is 11.6 Å². The van der Waals surface area contributed by atoms with Gasteiger partial charge in [-0.3, -0.25) is 4.99 Å². The Balaban J connectivity index is 1.72. The fraction of sp³-hybridized carbons (Fsp3) is 0.0476. The molecule has 1 aromatic heterocycles. The molecule has 25 heavy (non-hydrogen) atoms. The molecule has 122 valence electrons. The molecule has 4 aromatic rings. The van der Waals surface area contributed by atoms with Crippen LogP contribution in [0.4, 0.5) is 5.69 Å². The molecular formula is C21H17N3O. The van der Waals surface area contributed by atoms with Crippen molar-refractivity contribution in [2.75, 3.05) is 0 Å². The maximum Gasteiger partial charge on any atom is 0.138 e. The van der Waals surface area contributed by atoms with E-state index in [0.717, 1.165) is 33.7 Å². The van der Waals surface area contributed by atoms with Gasteiger partial charge in [-0.1, -0.05) is 36.4 Å². The molecular weight excluding hydrogens is 310 g/mol. The Morgan fingerprint density at radius 3 is 2.64 bits per heavy atom. The first-order valence-corrected chi connectivity index (χ1v) is 8.08. The molecule has 0 aliphatic heterocycles. The topological polar surface area (TPSA) is 61.3 Å². The lowest BCUT2D eigenvalue weighted by Gasteiger charge is -2.04. The number of nitrogens with zero attached hydrogens (tertiary/aromatic N) is 2. The second kappa shape index (κ2) is 6.24. The molecule has 4 nitrogen and oxygen atoms in total. The summed E-state index contributed by atoms with van der Waals surface area (Å²) in [6, 6.07) is 21.2. The monoisotopic (exact) mass is 327 g/mol. The number of fused-ring (bicyclic) bond motifs is 1. The second-order valence-electron chi connectivity index (χ2n) is 5.92. The van der Waals surface area contributed by atoms with Gasteiger partial charge in [0.05, 0.1) is 16.7 Å². The summed E-state index contributed by atoms with van der Waals surface area (Å²) in [5, 5.41) is 9.86. The van der Waals surface area contributed by atoms with Crippen LogP contribution in [0.1, 0.15) is 11.1 Å². The predicted octanol–water partition coefficient (Wildman–Crippen LogP) is 4.99. The number of rotatable bonds is 3. The van der Waals surface area contributed by atoms with Crippen LogP contribution >= 0.6 is 0 Å². The number of benzene rings is 3. The van der Waals surface area contributed by atoms with Crippen molar-refractivity contribution in [1.82, 2.24) is 9.97 Å². The highest BCUT2D eigenvalue weighted by atomic mass is 16.3. The number of aromatic hydroxyl groups is 1. The molecule has 0 spiro atoms. The molecule has 4 rings (SSSR count). The normalized spacial score (nSPS) is 11.4. The standard InChI is InChI=1S/C21H17N3O/c1-14-10-11-15(21-23-17-7-3-4-8-18(17)24-21)12-19(14)22-13-16-6-2-5-9-20(16)25/h2-13,25H,1H3,(H,23,24). The van der Waals surface area contributed by atoms with Crippen molar-refractivity contribution in [3.05, 3.63) is 77.9 Å². The number of aromatic nitrogens is 2. The molecule has 0 amide bonds. The minimum atomic E-state index is 0.220. The van der Waals surface area contributed by atoms with Crippen molar-refractivity contribution in [3.63, 3.8) is 0 Å². The van der Waals surface area contributed by atoms with E-state index in [9.17, 15) is 5.11 Å². The Labute approximate surface area is 145 Å². The van der Waals surface area contributed by atoms with Crippen LogP contribution < -0.4 is 0 Å². The third-order valence-corrected chi connectivity index (χ3v) is 4.15. The van der Waals surface area contributed by atoms with Crippen LogP contribution in [0.25, 0.3) is 22.4 Å². The van der Waals surface area contributed by atoms with Gasteiger partial charge in [-0.15, -0.1) is 0 Å². The summed E-state index contributed by atoms with van der Waals surface area (Å²) in [6.45, 7) is 2.01. The molecule has 0 aliphatic rings. The zero-order valence-electron chi connectivity index (χ0n) is 13.8. The van der Waals surface area contributed by atoms with Crippen molar-refractivity contribution in [2.24, 2.45) is 4.99 Å². The quantitative estimate of drug-likeness (QED) is 0.520. The van der Waals surface area contributed by atoms with Crippen molar-refractivity contribution in [1.29, 1.82) is 0 Å². The Hall–Kier alpha value is -3.40. The minimum absolute atomic E-state index is 0.220. The summed E-state index contributed by atoms with van der Waals surface area (Å²) in [4.78, 5) is 12.5. The zero-order valence-corrected chi connectivity index (χ0v) is 13.8. The van der Waals surface area contributed by atoms with Crippen LogP contribution in [-0.2, 0) is 0 Å². The number of phenolic OH excluding ortho intramolecular Hbond substituents is 1. The first-order chi connectivity index (χ1) is 12.2. The number of H-pyrrole nitrogens is 1. The van der Waals surface area contributed by atoms with Gasteiger partial charge in [0.15, 0.2) is 0 Å². The number of aromatic amines is 1. The lowest BCUT2D eigenvalue weighted by atomic mass is 10.1. The van der Waals surface area contributed by atoms with Gasteiger partial charge >= 0.3 is 0 Å². The Morgan fingerprint density at radius 1 is 1.00 bits per heavy atom. The van der Waals surface area contributed by atoms with Gasteiger partial charge in [-0.05, 0) is 42.8 Å². The summed E-state index contributed by atoms with van der Waals surface area (Å²) in [5.74, 6) is 1.04. The first-order valence-electron chi connectivity index (χ1n) is 8.08. The zero-order chi connectivity index (χ0) is 17.2. The maximum absolute atomic E-state index is 9.86. The first kappa shape index (κ1) is 15.1. The van der Waals surface area contributed by atoms with Gasteiger partial charge in [-0.25, -0.2) is 4.98 Å². The highest BCUT2D eigenvalue weighted by Gasteiger charge is 2.07. The third kappa shape index (κ3) is 3.02. The number of nitrogens with one attached hydrogen (secondary N) is 1. The Morgan fingerprint density at radius 2 is 1.80 bits per heavy atom. The predicted molar refractivity (Wildman–Crippen MR) is 102 cm³/mol. The van der Waals surface area contributed by atoms with Crippen molar-refractivity contribution in [2.45, 2.75) is 6.92 Å².